The second-order valence-corrected chi connectivity index (χ2v) is 2.97. The molecule has 0 aliphatic carbocycles. The summed E-state index contributed by atoms with van der Waals surface area (Å²) in [5.74, 6) is 0. The van der Waals surface area contributed by atoms with E-state index in [4.69, 9.17) is 4.74 Å². The number of nitrogens with zero attached hydrogens (tertiary/aromatic N) is 1. The zero-order valence-electron chi connectivity index (χ0n) is 6.28. The molecule has 0 saturated carbocycles. The van der Waals surface area contributed by atoms with Gasteiger partial charge in [0.25, 0.3) is 0 Å². The Bertz CT molecular complexity index is 281. The minimum Gasteiger partial charge on any atom is -0.619 e. The van der Waals surface area contributed by atoms with Crippen molar-refractivity contribution in [2.75, 3.05) is 6.61 Å². The van der Waals surface area contributed by atoms with E-state index in [-0.39, 0.29) is 5.60 Å². The highest BCUT2D eigenvalue weighted by molar-refractivity contribution is 5.19. The van der Waals surface area contributed by atoms with Gasteiger partial charge in [-0.05, 0) is 13.0 Å². The molecule has 1 atom stereocenters. The van der Waals surface area contributed by atoms with Crippen molar-refractivity contribution in [2.24, 2.45) is 0 Å². The molecule has 1 fully saturated rings. The highest BCUT2D eigenvalue weighted by Gasteiger charge is 2.42. The van der Waals surface area contributed by atoms with Gasteiger partial charge in [-0.1, -0.05) is 0 Å². The molecule has 1 aliphatic rings. The first-order chi connectivity index (χ1) is 5.21. The molecule has 11 heavy (non-hydrogen) atoms. The van der Waals surface area contributed by atoms with Crippen molar-refractivity contribution >= 4 is 0 Å². The van der Waals surface area contributed by atoms with Gasteiger partial charge in [-0.2, -0.15) is 4.73 Å². The Kier molecular flexibility index (Phi) is 1.17. The van der Waals surface area contributed by atoms with E-state index in [0.717, 1.165) is 16.9 Å². The van der Waals surface area contributed by atoms with Crippen LogP contribution in [0, 0.1) is 5.21 Å². The lowest BCUT2D eigenvalue weighted by Gasteiger charge is -2.03. The third-order valence-corrected chi connectivity index (χ3v) is 1.96. The molecule has 1 aromatic heterocycles. The Morgan fingerprint density at radius 2 is 2.45 bits per heavy atom. The first-order valence-electron chi connectivity index (χ1n) is 3.54. The molecule has 3 nitrogen and oxygen atoms in total. The summed E-state index contributed by atoms with van der Waals surface area (Å²) in [6.45, 7) is 2.69. The van der Waals surface area contributed by atoms with Crippen molar-refractivity contribution in [1.29, 1.82) is 0 Å². The topological polar surface area (TPSA) is 39.5 Å². The van der Waals surface area contributed by atoms with Gasteiger partial charge in [-0.25, -0.2) is 0 Å². The molecule has 1 saturated heterocycles. The van der Waals surface area contributed by atoms with Gasteiger partial charge in [0.05, 0.1) is 12.2 Å². The van der Waals surface area contributed by atoms with Crippen molar-refractivity contribution in [2.45, 2.75) is 12.5 Å². The molecule has 0 amide bonds. The fraction of sp³-hybridized carbons (Fsp3) is 0.375. The van der Waals surface area contributed by atoms with E-state index in [1.807, 2.05) is 13.0 Å². The van der Waals surface area contributed by atoms with Gasteiger partial charge in [0.1, 0.15) is 5.60 Å². The van der Waals surface area contributed by atoms with Gasteiger partial charge < -0.3 is 9.94 Å². The zero-order valence-corrected chi connectivity index (χ0v) is 6.28. The molecular formula is C8H9NO2. The predicted molar refractivity (Wildman–Crippen MR) is 38.7 cm³/mol. The van der Waals surface area contributed by atoms with Crippen LogP contribution in [0.1, 0.15) is 12.5 Å². The van der Waals surface area contributed by atoms with Crippen molar-refractivity contribution in [3.8, 4) is 0 Å². The molecular weight excluding hydrogens is 142 g/mol. The number of aromatic nitrogens is 1. The Morgan fingerprint density at radius 3 is 3.00 bits per heavy atom. The number of rotatable bonds is 1. The Labute approximate surface area is 64.8 Å². The van der Waals surface area contributed by atoms with Crippen LogP contribution in [-0.4, -0.2) is 6.61 Å². The maximum Gasteiger partial charge on any atom is 0.186 e. The molecule has 0 N–H and O–H groups in total. The van der Waals surface area contributed by atoms with Crippen molar-refractivity contribution in [3.05, 3.63) is 35.3 Å². The highest BCUT2D eigenvalue weighted by atomic mass is 16.6. The molecule has 1 aliphatic heterocycles. The number of hydrogen-bond donors (Lipinski definition) is 0. The van der Waals surface area contributed by atoms with Crippen LogP contribution in [0.2, 0.25) is 0 Å². The van der Waals surface area contributed by atoms with E-state index in [9.17, 15) is 5.21 Å². The minimum absolute atomic E-state index is 0.187. The Balaban J connectivity index is 2.38. The van der Waals surface area contributed by atoms with Gasteiger partial charge in [0, 0.05) is 6.07 Å². The molecule has 0 bridgehead atoms. The summed E-state index contributed by atoms with van der Waals surface area (Å²) in [5.41, 5.74) is 0.767. The van der Waals surface area contributed by atoms with Crippen LogP contribution >= 0.6 is 0 Å². The van der Waals surface area contributed by atoms with Gasteiger partial charge >= 0.3 is 0 Å². The summed E-state index contributed by atoms with van der Waals surface area (Å²) in [4.78, 5) is 0. The van der Waals surface area contributed by atoms with E-state index < -0.39 is 0 Å². The second kappa shape index (κ2) is 1.95. The third-order valence-electron chi connectivity index (χ3n) is 1.96. The Hall–Kier alpha value is -1.09. The van der Waals surface area contributed by atoms with Gasteiger partial charge in [0.2, 0.25) is 0 Å². The highest BCUT2D eigenvalue weighted by Crippen LogP contribution is 2.36. The van der Waals surface area contributed by atoms with E-state index in [0.29, 0.717) is 0 Å². The van der Waals surface area contributed by atoms with Gasteiger partial charge in [-0.3, -0.25) is 0 Å². The summed E-state index contributed by atoms with van der Waals surface area (Å²) < 4.78 is 5.98. The first-order valence-corrected chi connectivity index (χ1v) is 3.54. The molecule has 0 radical (unpaired) electrons. The molecule has 2 heterocycles. The van der Waals surface area contributed by atoms with Crippen LogP contribution in [0.15, 0.2) is 24.5 Å². The summed E-state index contributed by atoms with van der Waals surface area (Å²) >= 11 is 0. The average Bonchev–Trinajstić information content (AvgIpc) is 2.70. The maximum atomic E-state index is 10.8. The zero-order chi connectivity index (χ0) is 7.90. The fourth-order valence-electron chi connectivity index (χ4n) is 1.04. The van der Waals surface area contributed by atoms with E-state index >= 15 is 0 Å². The van der Waals surface area contributed by atoms with E-state index in [2.05, 4.69) is 0 Å². The smallest absolute Gasteiger partial charge is 0.186 e. The standard InChI is InChI=1S/C8H9NO2/c1-8(6-11-8)7-3-2-4-9(10)5-7/h2-5H,6H2,1H3. The van der Waals surface area contributed by atoms with Crippen LogP contribution in [0.4, 0.5) is 0 Å². The fourth-order valence-corrected chi connectivity index (χ4v) is 1.04. The monoisotopic (exact) mass is 151 g/mol. The molecule has 0 aromatic carbocycles. The maximum absolute atomic E-state index is 10.8. The SMILES string of the molecule is CC1(c2ccc[n+]([O-])c2)CO1. The van der Waals surface area contributed by atoms with Crippen LogP contribution in [0.3, 0.4) is 0 Å². The van der Waals surface area contributed by atoms with Crippen molar-refractivity contribution in [1.82, 2.24) is 0 Å². The number of epoxide rings is 1. The minimum atomic E-state index is -0.187. The quantitative estimate of drug-likeness (QED) is 0.334. The summed E-state index contributed by atoms with van der Waals surface area (Å²) in [6.07, 6.45) is 3.02. The van der Waals surface area contributed by atoms with Gasteiger partial charge in [-0.15, -0.1) is 0 Å². The lowest BCUT2D eigenvalue weighted by molar-refractivity contribution is -0.606. The normalized spacial score (nSPS) is 28.5. The van der Waals surface area contributed by atoms with Crippen molar-refractivity contribution < 1.29 is 9.47 Å². The Morgan fingerprint density at radius 1 is 1.73 bits per heavy atom. The van der Waals surface area contributed by atoms with Crippen molar-refractivity contribution in [3.63, 3.8) is 0 Å². The first kappa shape index (κ1) is 6.61. The number of ether oxygens (including phenoxy) is 1. The largest absolute Gasteiger partial charge is 0.619 e. The van der Waals surface area contributed by atoms with Crippen LogP contribution in [0.5, 0.6) is 0 Å². The van der Waals surface area contributed by atoms with Gasteiger partial charge in [0.15, 0.2) is 12.4 Å². The summed E-state index contributed by atoms with van der Waals surface area (Å²) in [7, 11) is 0. The second-order valence-electron chi connectivity index (χ2n) is 2.97. The lowest BCUT2D eigenvalue weighted by Crippen LogP contribution is -2.26. The molecule has 58 valence electrons. The van der Waals surface area contributed by atoms with Crippen LogP contribution in [-0.2, 0) is 10.3 Å². The lowest BCUT2D eigenvalue weighted by atomic mass is 10.1. The number of hydrogen-bond acceptors (Lipinski definition) is 2. The van der Waals surface area contributed by atoms with Crippen LogP contribution < -0.4 is 4.73 Å². The summed E-state index contributed by atoms with van der Waals surface area (Å²) in [6, 6.07) is 3.64. The van der Waals surface area contributed by atoms with E-state index in [1.54, 1.807) is 12.3 Å². The van der Waals surface area contributed by atoms with E-state index in [1.165, 1.54) is 6.20 Å². The predicted octanol–water partition coefficient (Wildman–Crippen LogP) is 0.565. The number of pyridine rings is 1. The van der Waals surface area contributed by atoms with Crippen LogP contribution in [0.25, 0.3) is 0 Å². The average molecular weight is 151 g/mol. The summed E-state index contributed by atoms with van der Waals surface area (Å²) in [5, 5.41) is 10.8. The molecule has 1 aromatic rings. The molecule has 1 unspecified atom stereocenters. The molecule has 3 heteroatoms. The molecule has 0 spiro atoms. The molecule has 2 rings (SSSR count). The third kappa shape index (κ3) is 1.07.